The Hall–Kier alpha value is -4.52. The van der Waals surface area contributed by atoms with Crippen molar-refractivity contribution in [2.45, 2.75) is 34.1 Å². The molecule has 4 aromatic rings. The molecule has 0 saturated heterocycles. The molecular weight excluding hydrogens is 497 g/mol. The molecule has 188 valence electrons. The maximum Gasteiger partial charge on any atom is 0.345 e. The second kappa shape index (κ2) is 12.1. The van der Waals surface area contributed by atoms with Crippen molar-refractivity contribution >= 4 is 16.9 Å². The first-order valence-corrected chi connectivity index (χ1v) is 13.1. The van der Waals surface area contributed by atoms with E-state index in [1.807, 2.05) is 72.8 Å². The minimum absolute atomic E-state index is 0.0307. The van der Waals surface area contributed by atoms with Crippen molar-refractivity contribution < 1.29 is 18.7 Å². The molecule has 0 aliphatic rings. The lowest BCUT2D eigenvalue weighted by Crippen LogP contribution is -2.29. The average Bonchev–Trinajstić information content (AvgIpc) is 2.93. The van der Waals surface area contributed by atoms with Crippen LogP contribution in [0.25, 0.3) is 0 Å². The highest BCUT2D eigenvalue weighted by Crippen LogP contribution is 2.33. The van der Waals surface area contributed by atoms with Crippen LogP contribution >= 0.6 is 0 Å². The third-order valence-electron chi connectivity index (χ3n) is 5.33. The van der Waals surface area contributed by atoms with Crippen molar-refractivity contribution in [1.29, 1.82) is 5.26 Å². The smallest absolute Gasteiger partial charge is 0.345 e. The van der Waals surface area contributed by atoms with Crippen molar-refractivity contribution in [3.63, 3.8) is 0 Å². The van der Waals surface area contributed by atoms with E-state index in [0.717, 1.165) is 14.7 Å². The van der Waals surface area contributed by atoms with Gasteiger partial charge in [-0.3, -0.25) is 0 Å². The highest BCUT2D eigenvalue weighted by atomic mass is 32.2. The Bertz CT molecular complexity index is 1460. The van der Waals surface area contributed by atoms with Crippen LogP contribution in [0, 0.1) is 29.0 Å². The van der Waals surface area contributed by atoms with Crippen LogP contribution in [0.4, 0.5) is 4.39 Å². The van der Waals surface area contributed by atoms with Crippen LogP contribution in [-0.2, 0) is 20.4 Å². The largest absolute Gasteiger partial charge is 0.479 e. The Morgan fingerprint density at radius 3 is 1.97 bits per heavy atom. The quantitative estimate of drug-likeness (QED) is 0.157. The van der Waals surface area contributed by atoms with E-state index in [1.165, 1.54) is 6.07 Å². The molecule has 0 saturated carbocycles. The second-order valence-corrected chi connectivity index (χ2v) is 10.8. The molecule has 0 aliphatic heterocycles. The molecule has 4 rings (SSSR count). The molecule has 0 aromatic heterocycles. The van der Waals surface area contributed by atoms with E-state index in [9.17, 15) is 4.79 Å². The summed E-state index contributed by atoms with van der Waals surface area (Å²) in [6, 6.07) is 33.5. The zero-order chi connectivity index (χ0) is 27.0. The zero-order valence-electron chi connectivity index (χ0n) is 21.0. The molecule has 0 radical (unpaired) electrons. The molecule has 0 amide bonds. The van der Waals surface area contributed by atoms with Crippen LogP contribution in [0.2, 0.25) is 0 Å². The van der Waals surface area contributed by atoms with Crippen molar-refractivity contribution in [1.82, 2.24) is 0 Å². The number of halogens is 1. The van der Waals surface area contributed by atoms with Gasteiger partial charge in [-0.05, 0) is 74.5 Å². The van der Waals surface area contributed by atoms with E-state index in [-0.39, 0.29) is 5.75 Å². The Morgan fingerprint density at radius 1 is 0.842 bits per heavy atom. The summed E-state index contributed by atoms with van der Waals surface area (Å²) in [5.41, 5.74) is 0.141. The number of hydrogen-bond acceptors (Lipinski definition) is 4. The van der Waals surface area contributed by atoms with Gasteiger partial charge in [0, 0.05) is 11.6 Å². The lowest BCUT2D eigenvalue weighted by atomic mass is 10.1. The maximum atomic E-state index is 15.1. The highest BCUT2D eigenvalue weighted by Gasteiger charge is 2.29. The normalized spacial score (nSPS) is 10.7. The van der Waals surface area contributed by atoms with Gasteiger partial charge in [-0.2, -0.15) is 5.26 Å². The Kier molecular flexibility index (Phi) is 8.48. The lowest BCUT2D eigenvalue weighted by Gasteiger charge is -2.19. The number of benzene rings is 4. The summed E-state index contributed by atoms with van der Waals surface area (Å²) >= 11 is 0. The van der Waals surface area contributed by atoms with E-state index in [4.69, 9.17) is 14.7 Å². The van der Waals surface area contributed by atoms with E-state index >= 15 is 4.39 Å². The Morgan fingerprint density at radius 2 is 1.42 bits per heavy atom. The molecule has 0 fully saturated rings. The summed E-state index contributed by atoms with van der Waals surface area (Å²) in [5, 5.41) is 8.89. The number of nitrogens with zero attached hydrogens (tertiary/aromatic N) is 1. The van der Waals surface area contributed by atoms with Gasteiger partial charge in [-0.1, -0.05) is 48.2 Å². The van der Waals surface area contributed by atoms with Gasteiger partial charge >= 0.3 is 5.97 Å². The number of nitriles is 1. The predicted octanol–water partition coefficient (Wildman–Crippen LogP) is 6.55. The van der Waals surface area contributed by atoms with Gasteiger partial charge in [0.1, 0.15) is 0 Å². The summed E-state index contributed by atoms with van der Waals surface area (Å²) in [7, 11) is -0.498. The van der Waals surface area contributed by atoms with Gasteiger partial charge in [-0.25, -0.2) is 9.18 Å². The second-order valence-electron chi connectivity index (χ2n) is 8.74. The monoisotopic (exact) mass is 522 g/mol. The molecule has 4 nitrogen and oxygen atoms in total. The predicted molar refractivity (Wildman–Crippen MR) is 145 cm³/mol. The van der Waals surface area contributed by atoms with Crippen LogP contribution < -0.4 is 4.74 Å². The van der Waals surface area contributed by atoms with E-state index < -0.39 is 34.9 Å². The Balaban J connectivity index is 1.42. The molecule has 0 unspecified atom stereocenters. The number of esters is 1. The Labute approximate surface area is 225 Å². The highest BCUT2D eigenvalue weighted by molar-refractivity contribution is 7.97. The summed E-state index contributed by atoms with van der Waals surface area (Å²) < 4.78 is 26.0. The molecule has 0 heterocycles. The summed E-state index contributed by atoms with van der Waals surface area (Å²) in [4.78, 5) is 15.3. The fourth-order valence-electron chi connectivity index (χ4n) is 3.57. The number of ether oxygens (including phenoxy) is 2. The van der Waals surface area contributed by atoms with E-state index in [0.29, 0.717) is 11.1 Å². The molecular formula is C32H25FNO3S+. The van der Waals surface area contributed by atoms with Gasteiger partial charge in [0.05, 0.1) is 22.5 Å². The number of rotatable bonds is 7. The summed E-state index contributed by atoms with van der Waals surface area (Å²) in [5.74, 6) is 4.58. The number of carbonyl (C=O) groups excluding carboxylic acids is 1. The molecule has 0 spiro atoms. The fourth-order valence-corrected chi connectivity index (χ4v) is 5.67. The zero-order valence-corrected chi connectivity index (χ0v) is 21.8. The van der Waals surface area contributed by atoms with Crippen LogP contribution in [-0.4, -0.2) is 18.2 Å². The third-order valence-corrected chi connectivity index (χ3v) is 7.55. The fraction of sp³-hybridized carbons (Fsp3) is 0.125. The van der Waals surface area contributed by atoms with E-state index in [1.54, 1.807) is 44.2 Å². The first-order chi connectivity index (χ1) is 18.3. The maximum absolute atomic E-state index is 15.1. The molecule has 38 heavy (non-hydrogen) atoms. The molecule has 0 aliphatic carbocycles. The van der Waals surface area contributed by atoms with Gasteiger partial charge < -0.3 is 9.47 Å². The van der Waals surface area contributed by atoms with Gasteiger partial charge in [0.2, 0.25) is 0 Å². The molecule has 6 heteroatoms. The van der Waals surface area contributed by atoms with Crippen LogP contribution in [0.1, 0.15) is 25.0 Å². The standard InChI is InChI=1S/C32H25FNO3S/c1-32(2,20-19-24-13-15-25(22-34)16-14-24)37-31(35)23-36-30-18-17-28(21-29(30)33)38(26-9-5-3-6-10-26)27-11-7-4-8-12-27/h3-18,21H,23H2,1-2H3/q+1. The molecule has 0 N–H and O–H groups in total. The van der Waals surface area contributed by atoms with Gasteiger partial charge in [0.15, 0.2) is 38.5 Å². The lowest BCUT2D eigenvalue weighted by molar-refractivity contribution is -0.154. The van der Waals surface area contributed by atoms with Crippen LogP contribution in [0.15, 0.2) is 118 Å². The third kappa shape index (κ3) is 7.03. The summed E-state index contributed by atoms with van der Waals surface area (Å²) in [6.45, 7) is 2.86. The summed E-state index contributed by atoms with van der Waals surface area (Å²) in [6.07, 6.45) is 0. The minimum atomic E-state index is -1.09. The topological polar surface area (TPSA) is 59.3 Å². The minimum Gasteiger partial charge on any atom is -0.479 e. The van der Waals surface area contributed by atoms with Crippen molar-refractivity contribution in [2.75, 3.05) is 6.61 Å². The van der Waals surface area contributed by atoms with Crippen LogP contribution in [0.3, 0.4) is 0 Å². The number of carbonyl (C=O) groups is 1. The van der Waals surface area contributed by atoms with Crippen molar-refractivity contribution in [3.05, 3.63) is 120 Å². The molecule has 0 atom stereocenters. The first-order valence-electron chi connectivity index (χ1n) is 11.9. The number of hydrogen-bond donors (Lipinski definition) is 0. The van der Waals surface area contributed by atoms with Crippen molar-refractivity contribution in [2.24, 2.45) is 0 Å². The van der Waals surface area contributed by atoms with Crippen molar-refractivity contribution in [3.8, 4) is 23.7 Å². The van der Waals surface area contributed by atoms with Gasteiger partial charge in [0.25, 0.3) is 0 Å². The average molecular weight is 523 g/mol. The first kappa shape index (κ1) is 26.5. The van der Waals surface area contributed by atoms with Gasteiger partial charge in [-0.15, -0.1) is 0 Å². The molecule has 4 aromatic carbocycles. The molecule has 0 bridgehead atoms. The van der Waals surface area contributed by atoms with Crippen LogP contribution in [0.5, 0.6) is 5.75 Å². The SMILES string of the molecule is CC(C)(C#Cc1ccc(C#N)cc1)OC(=O)COc1ccc([S+](c2ccccc2)c2ccccc2)cc1F. The van der Waals surface area contributed by atoms with E-state index in [2.05, 4.69) is 11.8 Å².